The maximum Gasteiger partial charge on any atom is 0.269 e. The predicted molar refractivity (Wildman–Crippen MR) is 68.4 cm³/mol. The van der Waals surface area contributed by atoms with Gasteiger partial charge in [-0.1, -0.05) is 12.1 Å². The van der Waals surface area contributed by atoms with Gasteiger partial charge in [-0.25, -0.2) is 0 Å². The van der Waals surface area contributed by atoms with Crippen LogP contribution < -0.4 is 0 Å². The largest absolute Gasteiger partial charge is 0.373 e. The first-order valence-corrected chi connectivity index (χ1v) is 6.15. The molecule has 1 fully saturated rings. The van der Waals surface area contributed by atoms with E-state index >= 15 is 0 Å². The predicted octanol–water partition coefficient (Wildman–Crippen LogP) is 2.20. The molecule has 5 nitrogen and oxygen atoms in total. The Morgan fingerprint density at radius 2 is 2.06 bits per heavy atom. The van der Waals surface area contributed by atoms with Crippen molar-refractivity contribution in [2.24, 2.45) is 0 Å². The van der Waals surface area contributed by atoms with Crippen LogP contribution in [-0.2, 0) is 11.3 Å². The second-order valence-corrected chi connectivity index (χ2v) is 4.88. The summed E-state index contributed by atoms with van der Waals surface area (Å²) in [7, 11) is 0. The fourth-order valence-corrected chi connectivity index (χ4v) is 2.44. The van der Waals surface area contributed by atoms with E-state index in [1.165, 1.54) is 6.07 Å². The highest BCUT2D eigenvalue weighted by molar-refractivity contribution is 5.34. The minimum atomic E-state index is -0.353. The van der Waals surface area contributed by atoms with Crippen molar-refractivity contribution in [2.75, 3.05) is 13.1 Å². The van der Waals surface area contributed by atoms with E-state index < -0.39 is 0 Å². The van der Waals surface area contributed by atoms with E-state index in [9.17, 15) is 10.1 Å². The normalized spacial score (nSPS) is 25.0. The van der Waals surface area contributed by atoms with E-state index in [2.05, 4.69) is 18.7 Å². The summed E-state index contributed by atoms with van der Waals surface area (Å²) in [4.78, 5) is 12.6. The maximum absolute atomic E-state index is 10.7. The molecular weight excluding hydrogens is 232 g/mol. The third-order valence-corrected chi connectivity index (χ3v) is 3.02. The number of hydrogen-bond acceptors (Lipinski definition) is 4. The van der Waals surface area contributed by atoms with Crippen LogP contribution in [0.25, 0.3) is 0 Å². The smallest absolute Gasteiger partial charge is 0.269 e. The summed E-state index contributed by atoms with van der Waals surface area (Å²) in [6, 6.07) is 6.83. The quantitative estimate of drug-likeness (QED) is 0.609. The van der Waals surface area contributed by atoms with Crippen molar-refractivity contribution in [3.63, 3.8) is 0 Å². The zero-order valence-electron chi connectivity index (χ0n) is 10.7. The molecule has 98 valence electrons. The van der Waals surface area contributed by atoms with Gasteiger partial charge in [-0.15, -0.1) is 0 Å². The number of morpholine rings is 1. The average Bonchev–Trinajstić information content (AvgIpc) is 2.27. The van der Waals surface area contributed by atoms with Crippen LogP contribution in [0.5, 0.6) is 0 Å². The number of nitrogens with zero attached hydrogens (tertiary/aromatic N) is 2. The number of ether oxygens (including phenoxy) is 1. The minimum absolute atomic E-state index is 0.154. The second kappa shape index (κ2) is 5.46. The molecule has 0 spiro atoms. The Labute approximate surface area is 107 Å². The third kappa shape index (κ3) is 3.27. The number of hydrogen-bond donors (Lipinski definition) is 0. The summed E-state index contributed by atoms with van der Waals surface area (Å²) >= 11 is 0. The van der Waals surface area contributed by atoms with E-state index in [-0.39, 0.29) is 22.8 Å². The fraction of sp³-hybridized carbons (Fsp3) is 0.538. The molecule has 1 aliphatic heterocycles. The van der Waals surface area contributed by atoms with Gasteiger partial charge in [0.15, 0.2) is 0 Å². The highest BCUT2D eigenvalue weighted by atomic mass is 16.6. The lowest BCUT2D eigenvalue weighted by Gasteiger charge is -2.35. The molecule has 1 saturated heterocycles. The van der Waals surface area contributed by atoms with Gasteiger partial charge in [0.05, 0.1) is 17.1 Å². The van der Waals surface area contributed by atoms with Gasteiger partial charge < -0.3 is 4.74 Å². The van der Waals surface area contributed by atoms with Crippen molar-refractivity contribution in [3.8, 4) is 0 Å². The molecule has 1 aromatic rings. The van der Waals surface area contributed by atoms with Crippen molar-refractivity contribution in [1.82, 2.24) is 4.90 Å². The van der Waals surface area contributed by atoms with Crippen molar-refractivity contribution in [1.29, 1.82) is 0 Å². The molecule has 1 heterocycles. The van der Waals surface area contributed by atoms with Crippen LogP contribution in [0, 0.1) is 10.1 Å². The van der Waals surface area contributed by atoms with Crippen LogP contribution >= 0.6 is 0 Å². The van der Waals surface area contributed by atoms with Crippen molar-refractivity contribution in [3.05, 3.63) is 39.9 Å². The Hall–Kier alpha value is -1.46. The van der Waals surface area contributed by atoms with Crippen LogP contribution in [0.2, 0.25) is 0 Å². The molecule has 5 heteroatoms. The Morgan fingerprint density at radius 1 is 1.39 bits per heavy atom. The maximum atomic E-state index is 10.7. The molecule has 2 rings (SSSR count). The van der Waals surface area contributed by atoms with Crippen molar-refractivity contribution < 1.29 is 9.66 Å². The van der Waals surface area contributed by atoms with Gasteiger partial charge >= 0.3 is 0 Å². The highest BCUT2D eigenvalue weighted by Crippen LogP contribution is 2.17. The summed E-state index contributed by atoms with van der Waals surface area (Å²) < 4.78 is 5.67. The first-order chi connectivity index (χ1) is 8.54. The van der Waals surface area contributed by atoms with E-state index in [0.717, 1.165) is 25.2 Å². The molecule has 18 heavy (non-hydrogen) atoms. The molecule has 1 aliphatic rings. The number of nitro groups is 1. The molecule has 0 amide bonds. The van der Waals surface area contributed by atoms with Gasteiger partial charge in [-0.3, -0.25) is 15.0 Å². The van der Waals surface area contributed by atoms with E-state index in [4.69, 9.17) is 4.74 Å². The molecule has 0 radical (unpaired) electrons. The lowest BCUT2D eigenvalue weighted by atomic mass is 10.1. The Balaban J connectivity index is 2.04. The summed E-state index contributed by atoms with van der Waals surface area (Å²) in [5, 5.41) is 10.7. The summed E-state index contributed by atoms with van der Waals surface area (Å²) in [6.07, 6.45) is 0.430. The lowest BCUT2D eigenvalue weighted by Crippen LogP contribution is -2.44. The van der Waals surface area contributed by atoms with E-state index in [0.29, 0.717) is 0 Å². The molecule has 0 aliphatic carbocycles. The molecule has 0 N–H and O–H groups in total. The van der Waals surface area contributed by atoms with Crippen molar-refractivity contribution in [2.45, 2.75) is 32.6 Å². The van der Waals surface area contributed by atoms with Gasteiger partial charge in [0.25, 0.3) is 5.69 Å². The fourth-order valence-electron chi connectivity index (χ4n) is 2.44. The number of non-ortho nitro benzene ring substituents is 1. The first kappa shape index (κ1) is 13.0. The Kier molecular flexibility index (Phi) is 3.93. The van der Waals surface area contributed by atoms with Gasteiger partial charge in [-0.2, -0.15) is 0 Å². The van der Waals surface area contributed by atoms with Gasteiger partial charge in [0, 0.05) is 31.8 Å². The Morgan fingerprint density at radius 3 is 2.67 bits per heavy atom. The standard InChI is InChI=1S/C13H18N2O3/c1-10-7-14(8-11(2)18-10)9-12-4-3-5-13(6-12)15(16)17/h3-6,10-11H,7-9H2,1-2H3. The highest BCUT2D eigenvalue weighted by Gasteiger charge is 2.22. The molecular formula is C13H18N2O3. The van der Waals surface area contributed by atoms with Crippen molar-refractivity contribution >= 4 is 5.69 Å². The van der Waals surface area contributed by atoms with E-state index in [1.54, 1.807) is 12.1 Å². The van der Waals surface area contributed by atoms with Crippen LogP contribution in [0.1, 0.15) is 19.4 Å². The van der Waals surface area contributed by atoms with Crippen LogP contribution in [0.3, 0.4) is 0 Å². The summed E-state index contributed by atoms with van der Waals surface area (Å²) in [6.45, 7) is 6.58. The molecule has 1 aromatic carbocycles. The lowest BCUT2D eigenvalue weighted by molar-refractivity contribution is -0.384. The first-order valence-electron chi connectivity index (χ1n) is 6.15. The Bertz CT molecular complexity index is 426. The summed E-state index contributed by atoms with van der Waals surface area (Å²) in [5.41, 5.74) is 1.13. The zero-order valence-corrected chi connectivity index (χ0v) is 10.7. The summed E-state index contributed by atoms with van der Waals surface area (Å²) in [5.74, 6) is 0. The molecule has 2 atom stereocenters. The second-order valence-electron chi connectivity index (χ2n) is 4.88. The van der Waals surface area contributed by atoms with Crippen LogP contribution in [0.15, 0.2) is 24.3 Å². The minimum Gasteiger partial charge on any atom is -0.373 e. The molecule has 0 saturated carbocycles. The van der Waals surface area contributed by atoms with E-state index in [1.807, 2.05) is 6.07 Å². The third-order valence-electron chi connectivity index (χ3n) is 3.02. The molecule has 0 bridgehead atoms. The number of nitro benzene ring substituents is 1. The van der Waals surface area contributed by atoms with Crippen LogP contribution in [-0.4, -0.2) is 35.1 Å². The average molecular weight is 250 g/mol. The monoisotopic (exact) mass is 250 g/mol. The topological polar surface area (TPSA) is 55.6 Å². The van der Waals surface area contributed by atoms with Crippen LogP contribution in [0.4, 0.5) is 5.69 Å². The number of benzene rings is 1. The molecule has 2 unspecified atom stereocenters. The van der Waals surface area contributed by atoms with Gasteiger partial charge in [-0.05, 0) is 19.4 Å². The number of rotatable bonds is 3. The molecule has 0 aromatic heterocycles. The van der Waals surface area contributed by atoms with Gasteiger partial charge in [0.1, 0.15) is 0 Å². The van der Waals surface area contributed by atoms with Gasteiger partial charge in [0.2, 0.25) is 0 Å². The SMILES string of the molecule is CC1CN(Cc2cccc([N+](=O)[O-])c2)CC(C)O1. The zero-order chi connectivity index (χ0) is 13.1.